The van der Waals surface area contributed by atoms with Gasteiger partial charge in [0, 0.05) is 36.6 Å². The summed E-state index contributed by atoms with van der Waals surface area (Å²) in [6.07, 6.45) is 6.77. The normalized spacial score (nSPS) is 15.7. The van der Waals surface area contributed by atoms with Gasteiger partial charge in [-0.3, -0.25) is 9.59 Å². The Balaban J connectivity index is 1.66. The third-order valence-electron chi connectivity index (χ3n) is 6.09. The van der Waals surface area contributed by atoms with Gasteiger partial charge in [-0.05, 0) is 43.9 Å². The van der Waals surface area contributed by atoms with Crippen LogP contribution in [0.15, 0.2) is 36.7 Å². The van der Waals surface area contributed by atoms with Gasteiger partial charge in [-0.1, -0.05) is 30.7 Å². The first kappa shape index (κ1) is 22.3. The van der Waals surface area contributed by atoms with Crippen LogP contribution in [-0.4, -0.2) is 32.5 Å². The fraction of sp³-hybridized carbons (Fsp3) is 0.417. The molecule has 4 rings (SSSR count). The third-order valence-corrected chi connectivity index (χ3v) is 6.34. The van der Waals surface area contributed by atoms with E-state index < -0.39 is 0 Å². The van der Waals surface area contributed by atoms with E-state index >= 15 is 0 Å². The third kappa shape index (κ3) is 4.63. The Morgan fingerprint density at radius 2 is 1.91 bits per heavy atom. The van der Waals surface area contributed by atoms with E-state index in [1.807, 2.05) is 42.8 Å². The van der Waals surface area contributed by atoms with Crippen molar-refractivity contribution < 1.29 is 9.59 Å². The van der Waals surface area contributed by atoms with Crippen molar-refractivity contribution in [3.05, 3.63) is 52.8 Å². The molecule has 168 valence electrons. The Morgan fingerprint density at radius 3 is 2.56 bits per heavy atom. The number of pyridine rings is 1. The number of Topliss-reactive ketones (excluding diaryl/α,β-unsaturated/α-hetero) is 1. The summed E-state index contributed by atoms with van der Waals surface area (Å²) in [4.78, 5) is 29.6. The zero-order valence-electron chi connectivity index (χ0n) is 18.4. The summed E-state index contributed by atoms with van der Waals surface area (Å²) >= 11 is 6.02. The first-order valence-corrected chi connectivity index (χ1v) is 11.6. The molecule has 0 aliphatic heterocycles. The van der Waals surface area contributed by atoms with E-state index in [1.165, 1.54) is 0 Å². The Bertz CT molecular complexity index is 1120. The summed E-state index contributed by atoms with van der Waals surface area (Å²) in [6, 6.07) is 7.51. The highest BCUT2D eigenvalue weighted by molar-refractivity contribution is 6.30. The first-order valence-electron chi connectivity index (χ1n) is 11.2. The fourth-order valence-corrected chi connectivity index (χ4v) is 4.35. The number of benzene rings is 1. The number of amides is 1. The number of carbonyl (C=O) groups excluding carboxylic acids is 2. The van der Waals surface area contributed by atoms with Gasteiger partial charge in [-0.25, -0.2) is 9.67 Å². The smallest absolute Gasteiger partial charge is 0.255 e. The monoisotopic (exact) mass is 453 g/mol. The zero-order chi connectivity index (χ0) is 22.7. The molecule has 1 saturated carbocycles. The maximum atomic E-state index is 13.4. The van der Waals surface area contributed by atoms with Gasteiger partial charge >= 0.3 is 0 Å². The largest absolute Gasteiger partial charge is 0.381 e. The van der Waals surface area contributed by atoms with Gasteiger partial charge in [-0.2, -0.15) is 5.10 Å². The highest BCUT2D eigenvalue weighted by Crippen LogP contribution is 2.30. The Kier molecular flexibility index (Phi) is 6.74. The lowest BCUT2D eigenvalue weighted by Crippen LogP contribution is -2.31. The molecule has 1 aromatic carbocycles. The van der Waals surface area contributed by atoms with Gasteiger partial charge in [0.05, 0.1) is 28.9 Å². The first-order chi connectivity index (χ1) is 15.5. The lowest BCUT2D eigenvalue weighted by Gasteiger charge is -2.25. The summed E-state index contributed by atoms with van der Waals surface area (Å²) in [5, 5.41) is 12.6. The molecule has 0 saturated heterocycles. The lowest BCUT2D eigenvalue weighted by molar-refractivity contribution is -0.120. The van der Waals surface area contributed by atoms with Crippen LogP contribution in [0, 0.1) is 0 Å². The molecule has 0 bridgehead atoms. The van der Waals surface area contributed by atoms with Crippen molar-refractivity contribution in [2.75, 3.05) is 5.32 Å². The van der Waals surface area contributed by atoms with Crippen LogP contribution in [-0.2, 0) is 11.3 Å². The molecule has 0 spiro atoms. The average molecular weight is 454 g/mol. The van der Waals surface area contributed by atoms with E-state index in [4.69, 9.17) is 11.6 Å². The van der Waals surface area contributed by atoms with Crippen LogP contribution in [0.5, 0.6) is 0 Å². The molecule has 2 heterocycles. The maximum absolute atomic E-state index is 13.4. The zero-order valence-corrected chi connectivity index (χ0v) is 19.2. The van der Waals surface area contributed by atoms with Crippen molar-refractivity contribution in [2.45, 2.75) is 64.6 Å². The molecule has 1 unspecified atom stereocenters. The molecule has 1 amide bonds. The number of fused-ring (bicyclic) bond motifs is 1. The van der Waals surface area contributed by atoms with Gasteiger partial charge in [0.25, 0.3) is 5.91 Å². The number of rotatable bonds is 7. The SMILES string of the molecule is CCC(NC(=O)c1cnc2c(cnn2CC)c1NC1CCC(=O)CC1)c1ccc(Cl)cc1. The van der Waals surface area contributed by atoms with Crippen molar-refractivity contribution >= 4 is 40.0 Å². The van der Waals surface area contributed by atoms with Gasteiger partial charge < -0.3 is 10.6 Å². The molecular formula is C24H28ClN5O2. The number of halogens is 1. The number of carbonyl (C=O) groups is 2. The minimum absolute atomic E-state index is 0.132. The summed E-state index contributed by atoms with van der Waals surface area (Å²) in [6.45, 7) is 4.73. The number of aryl methyl sites for hydroxylation is 1. The fourth-order valence-electron chi connectivity index (χ4n) is 4.23. The van der Waals surface area contributed by atoms with Crippen LogP contribution in [0.25, 0.3) is 11.0 Å². The molecule has 1 aliphatic carbocycles. The predicted octanol–water partition coefficient (Wildman–Crippen LogP) is 4.91. The molecule has 2 N–H and O–H groups in total. The Hall–Kier alpha value is -2.93. The number of aromatic nitrogens is 3. The molecule has 8 heteroatoms. The van der Waals surface area contributed by atoms with Gasteiger partial charge in [0.1, 0.15) is 5.78 Å². The van der Waals surface area contributed by atoms with Crippen molar-refractivity contribution in [1.29, 1.82) is 0 Å². The highest BCUT2D eigenvalue weighted by atomic mass is 35.5. The van der Waals surface area contributed by atoms with E-state index in [0.717, 1.165) is 41.5 Å². The van der Waals surface area contributed by atoms with E-state index in [1.54, 1.807) is 12.4 Å². The van der Waals surface area contributed by atoms with Crippen LogP contribution >= 0.6 is 11.6 Å². The minimum Gasteiger partial charge on any atom is -0.381 e. The highest BCUT2D eigenvalue weighted by Gasteiger charge is 2.25. The molecule has 1 aliphatic rings. The second-order valence-corrected chi connectivity index (χ2v) is 8.62. The van der Waals surface area contributed by atoms with Crippen LogP contribution < -0.4 is 10.6 Å². The summed E-state index contributed by atoms with van der Waals surface area (Å²) in [7, 11) is 0. The Morgan fingerprint density at radius 1 is 1.19 bits per heavy atom. The second kappa shape index (κ2) is 9.69. The van der Waals surface area contributed by atoms with Crippen molar-refractivity contribution in [3.8, 4) is 0 Å². The number of anilines is 1. The number of hydrogen-bond acceptors (Lipinski definition) is 5. The number of hydrogen-bond donors (Lipinski definition) is 2. The topological polar surface area (TPSA) is 88.9 Å². The number of nitrogens with one attached hydrogen (secondary N) is 2. The van der Waals surface area contributed by atoms with Crippen LogP contribution in [0.4, 0.5) is 5.69 Å². The van der Waals surface area contributed by atoms with Gasteiger partial charge in [0.2, 0.25) is 0 Å². The molecule has 1 fully saturated rings. The lowest BCUT2D eigenvalue weighted by atomic mass is 9.94. The van der Waals surface area contributed by atoms with Crippen molar-refractivity contribution in [2.24, 2.45) is 0 Å². The molecule has 7 nitrogen and oxygen atoms in total. The van der Waals surface area contributed by atoms with E-state index in [2.05, 4.69) is 20.7 Å². The standard InChI is InChI=1S/C24H28ClN5O2/c1-3-21(15-5-7-16(25)8-6-15)29-24(32)20-13-26-23-19(14-27-30(23)4-2)22(20)28-17-9-11-18(31)12-10-17/h5-8,13-14,17,21H,3-4,9-12H2,1-2H3,(H,26,28)(H,29,32). The Labute approximate surface area is 192 Å². The molecule has 2 aromatic heterocycles. The second-order valence-electron chi connectivity index (χ2n) is 8.19. The number of nitrogens with zero attached hydrogens (tertiary/aromatic N) is 3. The quantitative estimate of drug-likeness (QED) is 0.530. The predicted molar refractivity (Wildman–Crippen MR) is 126 cm³/mol. The van der Waals surface area contributed by atoms with E-state index in [-0.39, 0.29) is 18.0 Å². The molecule has 0 radical (unpaired) electrons. The summed E-state index contributed by atoms with van der Waals surface area (Å²) < 4.78 is 1.81. The van der Waals surface area contributed by atoms with Gasteiger partial charge in [0.15, 0.2) is 5.65 Å². The van der Waals surface area contributed by atoms with Crippen LogP contribution in [0.1, 0.15) is 67.9 Å². The summed E-state index contributed by atoms with van der Waals surface area (Å²) in [5.41, 5.74) is 2.96. The van der Waals surface area contributed by atoms with Crippen LogP contribution in [0.3, 0.4) is 0 Å². The molecule has 3 aromatic rings. The van der Waals surface area contributed by atoms with Crippen molar-refractivity contribution in [1.82, 2.24) is 20.1 Å². The molecular weight excluding hydrogens is 426 g/mol. The van der Waals surface area contributed by atoms with E-state index in [9.17, 15) is 9.59 Å². The molecule has 32 heavy (non-hydrogen) atoms. The van der Waals surface area contributed by atoms with Gasteiger partial charge in [-0.15, -0.1) is 0 Å². The number of ketones is 1. The van der Waals surface area contributed by atoms with Crippen LogP contribution in [0.2, 0.25) is 5.02 Å². The van der Waals surface area contributed by atoms with E-state index in [0.29, 0.717) is 35.8 Å². The molecule has 1 atom stereocenters. The average Bonchev–Trinajstić information content (AvgIpc) is 3.23. The summed E-state index contributed by atoms with van der Waals surface area (Å²) in [5.74, 6) is 0.105. The maximum Gasteiger partial charge on any atom is 0.255 e. The van der Waals surface area contributed by atoms with Crippen molar-refractivity contribution in [3.63, 3.8) is 0 Å². The minimum atomic E-state index is -0.195.